The van der Waals surface area contributed by atoms with Gasteiger partial charge in [0.1, 0.15) is 0 Å². The fourth-order valence-corrected chi connectivity index (χ4v) is 7.38. The van der Waals surface area contributed by atoms with Crippen LogP contribution in [0, 0.1) is 0 Å². The third-order valence-electron chi connectivity index (χ3n) is 8.15. The van der Waals surface area contributed by atoms with Crippen LogP contribution in [0.4, 0.5) is 17.1 Å². The Hall–Kier alpha value is -5.31. The zero-order valence-electron chi connectivity index (χ0n) is 24.9. The van der Waals surface area contributed by atoms with Crippen LogP contribution in [-0.4, -0.2) is 0 Å². The third kappa shape index (κ3) is 5.93. The van der Waals surface area contributed by atoms with Crippen molar-refractivity contribution >= 4 is 28.8 Å². The normalized spacial score (nSPS) is 11.2. The van der Waals surface area contributed by atoms with Crippen LogP contribution in [0.1, 0.15) is 16.7 Å². The smallest absolute Gasteiger partial charge is 0.0954 e. The molecule has 2 heteroatoms. The van der Waals surface area contributed by atoms with Crippen molar-refractivity contribution in [2.75, 3.05) is 4.90 Å². The van der Waals surface area contributed by atoms with E-state index in [0.717, 1.165) is 17.1 Å². The number of para-hydroxylation sites is 2. The average Bonchev–Trinajstić information content (AvgIpc) is 3.13. The molecule has 0 fully saturated rings. The average molecular weight is 596 g/mol. The van der Waals surface area contributed by atoms with Crippen LogP contribution in [0.2, 0.25) is 0 Å². The lowest BCUT2D eigenvalue weighted by molar-refractivity contribution is 0.894. The van der Waals surface area contributed by atoms with E-state index in [1.807, 2.05) is 11.8 Å². The molecule has 0 saturated carbocycles. The van der Waals surface area contributed by atoms with Crippen molar-refractivity contribution in [3.05, 3.63) is 217 Å². The van der Waals surface area contributed by atoms with Crippen molar-refractivity contribution in [2.24, 2.45) is 0 Å². The summed E-state index contributed by atoms with van der Waals surface area (Å²) in [5.41, 5.74) is 9.56. The van der Waals surface area contributed by atoms with E-state index in [1.54, 1.807) is 0 Å². The summed E-state index contributed by atoms with van der Waals surface area (Å²) in [6.07, 6.45) is 0. The van der Waals surface area contributed by atoms with Gasteiger partial charge in [-0.3, -0.25) is 0 Å². The summed E-state index contributed by atoms with van der Waals surface area (Å²) in [5.74, 6) is 0. The van der Waals surface area contributed by atoms with Crippen LogP contribution in [-0.2, 0) is 4.75 Å². The zero-order valence-corrected chi connectivity index (χ0v) is 25.7. The molecule has 0 radical (unpaired) electrons. The monoisotopic (exact) mass is 595 g/mol. The summed E-state index contributed by atoms with van der Waals surface area (Å²) in [4.78, 5) is 3.51. The van der Waals surface area contributed by atoms with Crippen molar-refractivity contribution < 1.29 is 0 Å². The summed E-state index contributed by atoms with van der Waals surface area (Å²) in [7, 11) is 0. The zero-order chi connectivity index (χ0) is 30.3. The summed E-state index contributed by atoms with van der Waals surface area (Å²) < 4.78 is -0.398. The molecule has 0 N–H and O–H groups in total. The van der Waals surface area contributed by atoms with Gasteiger partial charge in [0.25, 0.3) is 0 Å². The standard InChI is InChI=1S/C43H33NS/c1-6-16-36(17-7-1)43(37-18-8-2-9-19-37,38-20-10-3-11-21-38)45-42-32-28-35(29-33-42)34-26-30-41(31-27-34)44(39-22-12-4-13-23-39)40-24-14-5-15-25-40/h1-33H. The minimum absolute atomic E-state index is 0.398. The Morgan fingerprint density at radius 2 is 0.622 bits per heavy atom. The van der Waals surface area contributed by atoms with E-state index in [1.165, 1.54) is 32.7 Å². The Morgan fingerprint density at radius 3 is 1.00 bits per heavy atom. The molecule has 45 heavy (non-hydrogen) atoms. The predicted molar refractivity (Wildman–Crippen MR) is 192 cm³/mol. The first kappa shape index (κ1) is 28.5. The molecule has 7 aromatic rings. The highest BCUT2D eigenvalue weighted by molar-refractivity contribution is 8.00. The highest BCUT2D eigenvalue weighted by Crippen LogP contribution is 2.51. The summed E-state index contributed by atoms with van der Waals surface area (Å²) in [6, 6.07) is 71.5. The molecule has 0 amide bonds. The Labute approximate surface area is 270 Å². The maximum absolute atomic E-state index is 2.29. The van der Waals surface area contributed by atoms with Crippen molar-refractivity contribution in [1.29, 1.82) is 0 Å². The van der Waals surface area contributed by atoms with E-state index < -0.39 is 4.75 Å². The van der Waals surface area contributed by atoms with Gasteiger partial charge < -0.3 is 4.90 Å². The fraction of sp³-hybridized carbons (Fsp3) is 0.0233. The fourth-order valence-electron chi connectivity index (χ4n) is 5.99. The van der Waals surface area contributed by atoms with E-state index >= 15 is 0 Å². The first-order chi connectivity index (χ1) is 22.3. The van der Waals surface area contributed by atoms with Gasteiger partial charge in [-0.2, -0.15) is 0 Å². The van der Waals surface area contributed by atoms with Gasteiger partial charge in [0.2, 0.25) is 0 Å². The van der Waals surface area contributed by atoms with Crippen LogP contribution in [0.25, 0.3) is 11.1 Å². The van der Waals surface area contributed by atoms with E-state index in [2.05, 4.69) is 205 Å². The first-order valence-electron chi connectivity index (χ1n) is 15.3. The SMILES string of the molecule is c1ccc(N(c2ccccc2)c2ccc(-c3ccc(SC(c4ccccc4)(c4ccccc4)c4ccccc4)cc3)cc2)cc1. The molecule has 7 rings (SSSR count). The van der Waals surface area contributed by atoms with Gasteiger partial charge in [0.15, 0.2) is 0 Å². The molecular weight excluding hydrogens is 563 g/mol. The Kier molecular flexibility index (Phi) is 8.31. The van der Waals surface area contributed by atoms with Gasteiger partial charge in [0, 0.05) is 22.0 Å². The van der Waals surface area contributed by atoms with Crippen LogP contribution < -0.4 is 4.90 Å². The maximum atomic E-state index is 2.29. The third-order valence-corrected chi connectivity index (χ3v) is 9.67. The van der Waals surface area contributed by atoms with Gasteiger partial charge in [-0.05, 0) is 76.3 Å². The minimum Gasteiger partial charge on any atom is -0.311 e. The maximum Gasteiger partial charge on any atom is 0.0954 e. The largest absolute Gasteiger partial charge is 0.311 e. The van der Waals surface area contributed by atoms with E-state index in [9.17, 15) is 0 Å². The summed E-state index contributed by atoms with van der Waals surface area (Å²) in [6.45, 7) is 0. The molecule has 7 aromatic carbocycles. The topological polar surface area (TPSA) is 3.24 Å². The molecule has 1 nitrogen and oxygen atoms in total. The summed E-state index contributed by atoms with van der Waals surface area (Å²) >= 11 is 1.89. The predicted octanol–water partition coefficient (Wildman–Crippen LogP) is 11.9. The van der Waals surface area contributed by atoms with Crippen molar-refractivity contribution in [3.8, 4) is 11.1 Å². The highest BCUT2D eigenvalue weighted by Gasteiger charge is 2.37. The molecule has 0 aliphatic rings. The van der Waals surface area contributed by atoms with E-state index in [0.29, 0.717) is 0 Å². The number of hydrogen-bond acceptors (Lipinski definition) is 2. The van der Waals surface area contributed by atoms with Gasteiger partial charge in [-0.25, -0.2) is 0 Å². The van der Waals surface area contributed by atoms with Crippen molar-refractivity contribution in [1.82, 2.24) is 0 Å². The lowest BCUT2D eigenvalue weighted by Gasteiger charge is -2.35. The molecule has 0 bridgehead atoms. The first-order valence-corrected chi connectivity index (χ1v) is 16.1. The highest BCUT2D eigenvalue weighted by atomic mass is 32.2. The second-order valence-electron chi connectivity index (χ2n) is 11.0. The number of nitrogens with zero attached hydrogens (tertiary/aromatic N) is 1. The molecule has 216 valence electrons. The number of anilines is 3. The van der Waals surface area contributed by atoms with Gasteiger partial charge >= 0.3 is 0 Å². The lowest BCUT2D eigenvalue weighted by atomic mass is 9.84. The van der Waals surface area contributed by atoms with Crippen molar-refractivity contribution in [3.63, 3.8) is 0 Å². The Bertz CT molecular complexity index is 1790. The lowest BCUT2D eigenvalue weighted by Crippen LogP contribution is -2.25. The second kappa shape index (κ2) is 13.1. The Morgan fingerprint density at radius 1 is 0.311 bits per heavy atom. The number of rotatable bonds is 9. The van der Waals surface area contributed by atoms with E-state index in [-0.39, 0.29) is 0 Å². The van der Waals surface area contributed by atoms with Crippen LogP contribution in [0.5, 0.6) is 0 Å². The number of benzene rings is 7. The molecule has 0 unspecified atom stereocenters. The molecule has 0 aliphatic carbocycles. The van der Waals surface area contributed by atoms with E-state index in [4.69, 9.17) is 0 Å². The molecule has 0 atom stereocenters. The van der Waals surface area contributed by atoms with Crippen LogP contribution in [0.15, 0.2) is 205 Å². The quantitative estimate of drug-likeness (QED) is 0.121. The molecular formula is C43H33NS. The van der Waals surface area contributed by atoms with Gasteiger partial charge in [-0.1, -0.05) is 152 Å². The van der Waals surface area contributed by atoms with Gasteiger partial charge in [-0.15, -0.1) is 11.8 Å². The van der Waals surface area contributed by atoms with Crippen LogP contribution >= 0.6 is 11.8 Å². The second-order valence-corrected chi connectivity index (χ2v) is 12.2. The molecule has 0 heterocycles. The molecule has 0 spiro atoms. The molecule has 0 aromatic heterocycles. The number of thioether (sulfide) groups is 1. The Balaban J connectivity index is 1.22. The number of hydrogen-bond donors (Lipinski definition) is 0. The molecule has 0 saturated heterocycles. The van der Waals surface area contributed by atoms with Crippen LogP contribution in [0.3, 0.4) is 0 Å². The van der Waals surface area contributed by atoms with Crippen molar-refractivity contribution in [2.45, 2.75) is 9.64 Å². The van der Waals surface area contributed by atoms with Gasteiger partial charge in [0.05, 0.1) is 4.75 Å². The summed E-state index contributed by atoms with van der Waals surface area (Å²) in [5, 5.41) is 0. The minimum atomic E-state index is -0.398. The molecule has 0 aliphatic heterocycles.